The van der Waals surface area contributed by atoms with Gasteiger partial charge in [0.2, 0.25) is 0 Å². The molecule has 0 radical (unpaired) electrons. The molecule has 0 aliphatic rings. The lowest BCUT2D eigenvalue weighted by Crippen LogP contribution is -2.28. The average Bonchev–Trinajstić information content (AvgIpc) is 2.26. The van der Waals surface area contributed by atoms with Crippen LogP contribution in [0.3, 0.4) is 0 Å². The summed E-state index contributed by atoms with van der Waals surface area (Å²) in [6.45, 7) is 0. The molecule has 88 valence electrons. The van der Waals surface area contributed by atoms with E-state index >= 15 is 0 Å². The highest BCUT2D eigenvalue weighted by Crippen LogP contribution is 2.20. The molecule has 0 spiro atoms. The highest BCUT2D eigenvalue weighted by molar-refractivity contribution is 7.57. The zero-order valence-corrected chi connectivity index (χ0v) is 9.85. The van der Waals surface area contributed by atoms with E-state index in [1.165, 1.54) is 0 Å². The van der Waals surface area contributed by atoms with Crippen molar-refractivity contribution in [2.45, 2.75) is 0 Å². The zero-order chi connectivity index (χ0) is 12.5. The third kappa shape index (κ3) is 2.91. The number of hydrogen-bond acceptors (Lipinski definition) is 2. The molecule has 2 rings (SSSR count). The Morgan fingerprint density at radius 1 is 1.06 bits per heavy atom. The van der Waals surface area contributed by atoms with E-state index in [2.05, 4.69) is 5.09 Å². The van der Waals surface area contributed by atoms with Crippen molar-refractivity contribution < 1.29 is 9.36 Å². The van der Waals surface area contributed by atoms with Crippen LogP contribution in [0, 0.1) is 0 Å². The van der Waals surface area contributed by atoms with E-state index in [0.29, 0.717) is 5.56 Å². The van der Waals surface area contributed by atoms with Crippen molar-refractivity contribution in [2.75, 3.05) is 0 Å². The predicted octanol–water partition coefficient (Wildman–Crippen LogP) is 1.60. The first-order chi connectivity index (χ1) is 7.96. The van der Waals surface area contributed by atoms with Crippen LogP contribution in [-0.4, -0.2) is 5.91 Å². The number of carbonyl (C=O) groups is 1. The summed E-state index contributed by atoms with van der Waals surface area (Å²) in [6.07, 6.45) is 0. The lowest BCUT2D eigenvalue weighted by atomic mass is 10.1. The minimum absolute atomic E-state index is 0.375. The van der Waals surface area contributed by atoms with Gasteiger partial charge < -0.3 is 0 Å². The molecule has 0 unspecified atom stereocenters. The molecule has 0 aliphatic heterocycles. The third-order valence-electron chi connectivity index (χ3n) is 2.29. The summed E-state index contributed by atoms with van der Waals surface area (Å²) >= 11 is 0. The van der Waals surface area contributed by atoms with E-state index in [1.807, 2.05) is 30.3 Å². The molecule has 0 heterocycles. The zero-order valence-electron chi connectivity index (χ0n) is 8.96. The van der Waals surface area contributed by atoms with Crippen molar-refractivity contribution in [2.24, 2.45) is 11.0 Å². The minimum atomic E-state index is -3.55. The van der Waals surface area contributed by atoms with Crippen molar-refractivity contribution in [1.29, 1.82) is 0 Å². The Hall–Kier alpha value is -1.68. The molecule has 0 saturated heterocycles. The quantitative estimate of drug-likeness (QED) is 0.704. The van der Waals surface area contributed by atoms with Crippen molar-refractivity contribution in [3.63, 3.8) is 0 Å². The normalized spacial score (nSPS) is 11.4. The summed E-state index contributed by atoms with van der Waals surface area (Å²) < 4.78 is 11.1. The molecule has 6 heteroatoms. The van der Waals surface area contributed by atoms with Gasteiger partial charge in [-0.15, -0.1) is 0 Å². The number of rotatable bonds is 2. The summed E-state index contributed by atoms with van der Waals surface area (Å²) in [5, 5.41) is 4.01. The van der Waals surface area contributed by atoms with Crippen LogP contribution in [0.5, 0.6) is 0 Å². The molecule has 0 aromatic heterocycles. The van der Waals surface area contributed by atoms with Gasteiger partial charge in [-0.1, -0.05) is 30.3 Å². The van der Waals surface area contributed by atoms with Gasteiger partial charge in [-0.05, 0) is 22.9 Å². The van der Waals surface area contributed by atoms with E-state index in [0.717, 1.165) is 10.8 Å². The fraction of sp³-hybridized carbons (Fsp3) is 0. The SMILES string of the molecule is NP(N)(=O)NC(=O)c1ccc2ccccc2c1. The van der Waals surface area contributed by atoms with Crippen LogP contribution in [-0.2, 0) is 4.57 Å². The van der Waals surface area contributed by atoms with Gasteiger partial charge in [0.05, 0.1) is 0 Å². The molecule has 1 amide bonds. The van der Waals surface area contributed by atoms with Gasteiger partial charge in [-0.25, -0.2) is 0 Å². The van der Waals surface area contributed by atoms with Crippen LogP contribution in [0.15, 0.2) is 42.5 Å². The van der Waals surface area contributed by atoms with E-state index in [4.69, 9.17) is 11.0 Å². The molecule has 0 atom stereocenters. The second-order valence-corrected chi connectivity index (χ2v) is 5.35. The summed E-state index contributed by atoms with van der Waals surface area (Å²) in [4.78, 5) is 11.7. The Kier molecular flexibility index (Phi) is 2.98. The lowest BCUT2D eigenvalue weighted by molar-refractivity contribution is 0.0980. The van der Waals surface area contributed by atoms with E-state index in [1.54, 1.807) is 12.1 Å². The number of hydrogen-bond donors (Lipinski definition) is 3. The van der Waals surface area contributed by atoms with E-state index < -0.39 is 13.5 Å². The second kappa shape index (κ2) is 4.30. The summed E-state index contributed by atoms with van der Waals surface area (Å²) in [6, 6.07) is 12.7. The number of carbonyl (C=O) groups excluding carboxylic acids is 1. The van der Waals surface area contributed by atoms with Gasteiger partial charge in [-0.3, -0.25) is 25.5 Å². The molecule has 0 saturated carbocycles. The molecular formula is C11H12N3O2P. The highest BCUT2D eigenvalue weighted by atomic mass is 31.2. The summed E-state index contributed by atoms with van der Waals surface area (Å²) in [5.41, 5.74) is 10.6. The Labute approximate surface area is 98.3 Å². The van der Waals surface area contributed by atoms with Crippen LogP contribution < -0.4 is 16.1 Å². The molecule has 0 fully saturated rings. The predicted molar refractivity (Wildman–Crippen MR) is 67.4 cm³/mol. The molecule has 2 aromatic carbocycles. The summed E-state index contributed by atoms with van der Waals surface area (Å²) in [5.74, 6) is -0.538. The maximum Gasteiger partial charge on any atom is 0.300 e. The highest BCUT2D eigenvalue weighted by Gasteiger charge is 2.14. The van der Waals surface area contributed by atoms with Crippen LogP contribution in [0.25, 0.3) is 10.8 Å². The lowest BCUT2D eigenvalue weighted by Gasteiger charge is -2.09. The largest absolute Gasteiger partial charge is 0.300 e. The molecule has 17 heavy (non-hydrogen) atoms. The van der Waals surface area contributed by atoms with Crippen LogP contribution in [0.2, 0.25) is 0 Å². The van der Waals surface area contributed by atoms with Gasteiger partial charge in [0, 0.05) is 5.56 Å². The van der Waals surface area contributed by atoms with Gasteiger partial charge in [0.1, 0.15) is 0 Å². The smallest absolute Gasteiger partial charge is 0.279 e. The Morgan fingerprint density at radius 2 is 1.71 bits per heavy atom. The number of amides is 1. The standard InChI is InChI=1S/C11H12N3O2P/c12-17(13,16)14-11(15)10-6-5-8-3-1-2-4-9(8)7-10/h1-7H,(H5,12,13,14,15,16). The maximum absolute atomic E-state index is 11.7. The van der Waals surface area contributed by atoms with E-state index in [9.17, 15) is 9.36 Å². The van der Waals surface area contributed by atoms with Crippen molar-refractivity contribution in [3.8, 4) is 0 Å². The second-order valence-electron chi connectivity index (χ2n) is 3.71. The van der Waals surface area contributed by atoms with Gasteiger partial charge in [0.25, 0.3) is 5.91 Å². The molecular weight excluding hydrogens is 237 g/mol. The number of nitrogens with two attached hydrogens (primary N) is 2. The number of fused-ring (bicyclic) bond motifs is 1. The topological polar surface area (TPSA) is 98.2 Å². The number of nitrogens with one attached hydrogen (secondary N) is 1. The summed E-state index contributed by atoms with van der Waals surface area (Å²) in [7, 11) is -3.55. The van der Waals surface area contributed by atoms with E-state index in [-0.39, 0.29) is 0 Å². The first kappa shape index (κ1) is 11.8. The van der Waals surface area contributed by atoms with Crippen LogP contribution in [0.4, 0.5) is 0 Å². The van der Waals surface area contributed by atoms with Gasteiger partial charge in [-0.2, -0.15) is 0 Å². The minimum Gasteiger partial charge on any atom is -0.279 e. The molecule has 2 aromatic rings. The average molecular weight is 249 g/mol. The first-order valence-electron chi connectivity index (χ1n) is 4.94. The van der Waals surface area contributed by atoms with Gasteiger partial charge >= 0.3 is 7.59 Å². The fourth-order valence-electron chi connectivity index (χ4n) is 1.55. The van der Waals surface area contributed by atoms with Crippen LogP contribution in [0.1, 0.15) is 10.4 Å². The molecule has 0 aliphatic carbocycles. The Balaban J connectivity index is 2.37. The first-order valence-corrected chi connectivity index (χ1v) is 6.79. The third-order valence-corrected chi connectivity index (χ3v) is 2.84. The van der Waals surface area contributed by atoms with Crippen LogP contribution >= 0.6 is 7.59 Å². The monoisotopic (exact) mass is 249 g/mol. The van der Waals surface area contributed by atoms with Crippen molar-refractivity contribution in [1.82, 2.24) is 5.09 Å². The van der Waals surface area contributed by atoms with Gasteiger partial charge in [0.15, 0.2) is 0 Å². The fourth-order valence-corrected chi connectivity index (χ4v) is 2.00. The molecule has 5 nitrogen and oxygen atoms in total. The Morgan fingerprint density at radius 3 is 2.35 bits per heavy atom. The number of benzene rings is 2. The Bertz CT molecular complexity index is 621. The molecule has 0 bridgehead atoms. The maximum atomic E-state index is 11.7. The van der Waals surface area contributed by atoms with Crippen molar-refractivity contribution >= 4 is 24.3 Å². The molecule has 5 N–H and O–H groups in total. The van der Waals surface area contributed by atoms with Crippen molar-refractivity contribution in [3.05, 3.63) is 48.0 Å².